The molecular formula is C21H20Cl2N2O4S2. The predicted molar refractivity (Wildman–Crippen MR) is 124 cm³/mol. The first-order valence-corrected chi connectivity index (χ1v) is 12.7. The van der Waals surface area contributed by atoms with E-state index < -0.39 is 10.0 Å². The second-order valence-corrected chi connectivity index (χ2v) is 10.8. The second-order valence-electron chi connectivity index (χ2n) is 6.99. The van der Waals surface area contributed by atoms with E-state index in [9.17, 15) is 13.2 Å². The molecule has 0 spiro atoms. The Morgan fingerprint density at radius 1 is 1.06 bits per heavy atom. The van der Waals surface area contributed by atoms with Crippen LogP contribution in [0.5, 0.6) is 5.75 Å². The van der Waals surface area contributed by atoms with Crippen molar-refractivity contribution in [3.8, 4) is 5.75 Å². The summed E-state index contributed by atoms with van der Waals surface area (Å²) in [4.78, 5) is 15.3. The van der Waals surface area contributed by atoms with Gasteiger partial charge < -0.3 is 9.64 Å². The number of thiophene rings is 1. The van der Waals surface area contributed by atoms with Crippen LogP contribution in [0.1, 0.15) is 16.6 Å². The number of piperazine rings is 1. The number of hydrogen-bond acceptors (Lipinski definition) is 5. The molecule has 10 heteroatoms. The number of ether oxygens (including phenoxy) is 1. The maximum Gasteiger partial charge on any atom is 0.265 e. The quantitative estimate of drug-likeness (QED) is 0.508. The molecule has 6 nitrogen and oxygen atoms in total. The lowest BCUT2D eigenvalue weighted by atomic mass is 10.2. The Bertz CT molecular complexity index is 1220. The molecule has 0 N–H and O–H groups in total. The standard InChI is InChI=1S/C21H20Cl2N2O4S2/c1-2-29-15-4-6-16(7-5-15)31(27,28)25-11-9-24(10-12-25)21(26)20-19(23)17-8-3-14(22)13-18(17)30-20/h3-8,13H,2,9-12H2,1H3. The van der Waals surface area contributed by atoms with Crippen LogP contribution in [-0.4, -0.2) is 56.3 Å². The summed E-state index contributed by atoms with van der Waals surface area (Å²) < 4.78 is 33.5. The largest absolute Gasteiger partial charge is 0.494 e. The van der Waals surface area contributed by atoms with Crippen molar-refractivity contribution in [2.24, 2.45) is 0 Å². The first-order valence-electron chi connectivity index (χ1n) is 9.71. The van der Waals surface area contributed by atoms with Crippen molar-refractivity contribution in [1.29, 1.82) is 0 Å². The van der Waals surface area contributed by atoms with E-state index in [4.69, 9.17) is 27.9 Å². The number of rotatable bonds is 5. The van der Waals surface area contributed by atoms with Crippen LogP contribution in [0.2, 0.25) is 10.0 Å². The molecule has 1 aromatic heterocycles. The van der Waals surface area contributed by atoms with Crippen LogP contribution in [0.15, 0.2) is 47.4 Å². The highest BCUT2D eigenvalue weighted by Gasteiger charge is 2.32. The van der Waals surface area contributed by atoms with Gasteiger partial charge in [0.2, 0.25) is 10.0 Å². The molecule has 4 rings (SSSR count). The van der Waals surface area contributed by atoms with Gasteiger partial charge in [-0.25, -0.2) is 8.42 Å². The van der Waals surface area contributed by atoms with Crippen LogP contribution in [0.25, 0.3) is 10.1 Å². The fraction of sp³-hybridized carbons (Fsp3) is 0.286. The molecule has 3 aromatic rings. The summed E-state index contributed by atoms with van der Waals surface area (Å²) in [7, 11) is -3.64. The van der Waals surface area contributed by atoms with Gasteiger partial charge in [-0.3, -0.25) is 4.79 Å². The maximum atomic E-state index is 13.0. The molecule has 1 aliphatic heterocycles. The lowest BCUT2D eigenvalue weighted by Gasteiger charge is -2.33. The molecule has 2 aromatic carbocycles. The van der Waals surface area contributed by atoms with E-state index in [1.165, 1.54) is 15.6 Å². The molecule has 0 aliphatic carbocycles. The van der Waals surface area contributed by atoms with Gasteiger partial charge in [-0.1, -0.05) is 29.3 Å². The van der Waals surface area contributed by atoms with Gasteiger partial charge in [0.05, 0.1) is 16.5 Å². The lowest BCUT2D eigenvalue weighted by Crippen LogP contribution is -2.50. The third-order valence-corrected chi connectivity index (χ3v) is 8.88. The van der Waals surface area contributed by atoms with Gasteiger partial charge in [0.25, 0.3) is 5.91 Å². The number of hydrogen-bond donors (Lipinski definition) is 0. The van der Waals surface area contributed by atoms with E-state index in [1.807, 2.05) is 6.92 Å². The summed E-state index contributed by atoms with van der Waals surface area (Å²) in [5, 5.41) is 1.78. The third kappa shape index (κ3) is 4.40. The highest BCUT2D eigenvalue weighted by atomic mass is 35.5. The smallest absolute Gasteiger partial charge is 0.265 e. The molecule has 0 atom stereocenters. The Kier molecular flexibility index (Phi) is 6.46. The van der Waals surface area contributed by atoms with E-state index >= 15 is 0 Å². The maximum absolute atomic E-state index is 13.0. The number of sulfonamides is 1. The van der Waals surface area contributed by atoms with E-state index in [0.717, 1.165) is 10.1 Å². The summed E-state index contributed by atoms with van der Waals surface area (Å²) in [5.74, 6) is 0.429. The fourth-order valence-corrected chi connectivity index (χ4v) is 6.65. The molecule has 1 saturated heterocycles. The number of halogens is 2. The van der Waals surface area contributed by atoms with Crippen molar-refractivity contribution in [1.82, 2.24) is 9.21 Å². The molecule has 164 valence electrons. The van der Waals surface area contributed by atoms with Crippen molar-refractivity contribution < 1.29 is 17.9 Å². The molecule has 0 unspecified atom stereocenters. The number of carbonyl (C=O) groups excluding carboxylic acids is 1. The molecule has 0 saturated carbocycles. The van der Waals surface area contributed by atoms with E-state index in [1.54, 1.807) is 47.4 Å². The van der Waals surface area contributed by atoms with Gasteiger partial charge in [-0.15, -0.1) is 11.3 Å². The van der Waals surface area contributed by atoms with Crippen LogP contribution in [0.3, 0.4) is 0 Å². The zero-order valence-corrected chi connectivity index (χ0v) is 19.8. The average molecular weight is 499 g/mol. The summed E-state index contributed by atoms with van der Waals surface area (Å²) >= 11 is 13.8. The van der Waals surface area contributed by atoms with Gasteiger partial charge in [0.1, 0.15) is 10.6 Å². The van der Waals surface area contributed by atoms with Gasteiger partial charge in [0.15, 0.2) is 0 Å². The molecule has 31 heavy (non-hydrogen) atoms. The number of amides is 1. The van der Waals surface area contributed by atoms with Crippen LogP contribution < -0.4 is 4.74 Å². The van der Waals surface area contributed by atoms with Crippen molar-refractivity contribution >= 4 is 60.6 Å². The number of carbonyl (C=O) groups is 1. The number of fused-ring (bicyclic) bond motifs is 1. The normalized spacial score (nSPS) is 15.4. The topological polar surface area (TPSA) is 66.9 Å². The van der Waals surface area contributed by atoms with E-state index in [2.05, 4.69) is 0 Å². The van der Waals surface area contributed by atoms with Crippen LogP contribution >= 0.6 is 34.5 Å². The number of nitrogens with zero attached hydrogens (tertiary/aromatic N) is 2. The molecule has 0 radical (unpaired) electrons. The molecule has 1 amide bonds. The SMILES string of the molecule is CCOc1ccc(S(=O)(=O)N2CCN(C(=O)c3sc4cc(Cl)ccc4c3Cl)CC2)cc1. The summed E-state index contributed by atoms with van der Waals surface area (Å²) in [6, 6.07) is 11.7. The van der Waals surface area contributed by atoms with Crippen LogP contribution in [0, 0.1) is 0 Å². The minimum Gasteiger partial charge on any atom is -0.494 e. The van der Waals surface area contributed by atoms with Crippen molar-refractivity contribution in [3.63, 3.8) is 0 Å². The minimum atomic E-state index is -3.64. The molecule has 2 heterocycles. The average Bonchev–Trinajstić information content (AvgIpc) is 3.09. The van der Waals surface area contributed by atoms with Gasteiger partial charge in [-0.2, -0.15) is 4.31 Å². The Morgan fingerprint density at radius 3 is 2.39 bits per heavy atom. The van der Waals surface area contributed by atoms with Gasteiger partial charge in [0, 0.05) is 41.3 Å². The Hall–Kier alpha value is -1.84. The molecule has 1 aliphatic rings. The zero-order chi connectivity index (χ0) is 22.2. The van der Waals surface area contributed by atoms with Crippen LogP contribution in [0.4, 0.5) is 0 Å². The number of benzene rings is 2. The first-order chi connectivity index (χ1) is 14.8. The Labute approximate surface area is 195 Å². The minimum absolute atomic E-state index is 0.194. The highest BCUT2D eigenvalue weighted by Crippen LogP contribution is 2.37. The van der Waals surface area contributed by atoms with Crippen LogP contribution in [-0.2, 0) is 10.0 Å². The summed E-state index contributed by atoms with van der Waals surface area (Å²) in [6.07, 6.45) is 0. The predicted octanol–water partition coefficient (Wildman–Crippen LogP) is 4.75. The Morgan fingerprint density at radius 2 is 1.74 bits per heavy atom. The molecule has 0 bridgehead atoms. The molecular weight excluding hydrogens is 479 g/mol. The van der Waals surface area contributed by atoms with E-state index in [-0.39, 0.29) is 23.9 Å². The lowest BCUT2D eigenvalue weighted by molar-refractivity contribution is 0.0703. The summed E-state index contributed by atoms with van der Waals surface area (Å²) in [5.41, 5.74) is 0. The monoisotopic (exact) mass is 498 g/mol. The second kappa shape index (κ2) is 8.96. The first kappa shape index (κ1) is 22.4. The van der Waals surface area contributed by atoms with Crippen molar-refractivity contribution in [2.45, 2.75) is 11.8 Å². The van der Waals surface area contributed by atoms with Crippen molar-refractivity contribution in [2.75, 3.05) is 32.8 Å². The molecule has 1 fully saturated rings. The van der Waals surface area contributed by atoms with Gasteiger partial charge in [-0.05, 0) is 43.3 Å². The third-order valence-electron chi connectivity index (χ3n) is 5.08. The Balaban J connectivity index is 1.47. The highest BCUT2D eigenvalue weighted by molar-refractivity contribution is 7.89. The van der Waals surface area contributed by atoms with Gasteiger partial charge >= 0.3 is 0 Å². The summed E-state index contributed by atoms with van der Waals surface area (Å²) in [6.45, 7) is 3.40. The zero-order valence-electron chi connectivity index (χ0n) is 16.7. The fourth-order valence-electron chi connectivity index (χ4n) is 3.48. The van der Waals surface area contributed by atoms with Crippen molar-refractivity contribution in [3.05, 3.63) is 57.4 Å². The van der Waals surface area contributed by atoms with E-state index in [0.29, 0.717) is 40.4 Å².